The second-order valence-corrected chi connectivity index (χ2v) is 6.91. The fraction of sp³-hybridized carbons (Fsp3) is 0.263. The fourth-order valence-electron chi connectivity index (χ4n) is 2.71. The zero-order chi connectivity index (χ0) is 18.7. The van der Waals surface area contributed by atoms with Gasteiger partial charge >= 0.3 is 0 Å². The Balaban J connectivity index is 1.81. The lowest BCUT2D eigenvalue weighted by molar-refractivity contribution is 0.111. The molecule has 0 saturated carbocycles. The van der Waals surface area contributed by atoms with Gasteiger partial charge in [0.1, 0.15) is 22.9 Å². The number of methoxy groups -OCH3 is 1. The Hall–Kier alpha value is -2.67. The molecule has 2 aromatic carbocycles. The van der Waals surface area contributed by atoms with Crippen molar-refractivity contribution in [2.45, 2.75) is 25.9 Å². The number of rotatable bonds is 3. The van der Waals surface area contributed by atoms with E-state index in [1.807, 2.05) is 32.0 Å². The number of benzene rings is 2. The van der Waals surface area contributed by atoms with Gasteiger partial charge in [-0.15, -0.1) is 0 Å². The molecule has 0 aliphatic carbocycles. The molecular weight excluding hydrogens is 353 g/mol. The Bertz CT molecular complexity index is 868. The van der Waals surface area contributed by atoms with E-state index < -0.39 is 5.60 Å². The van der Waals surface area contributed by atoms with Crippen LogP contribution in [-0.4, -0.2) is 23.5 Å². The van der Waals surface area contributed by atoms with Crippen molar-refractivity contribution in [1.29, 1.82) is 0 Å². The standard InChI is InChI=1S/C19H20FN3O2S/c1-19(2)11-16(13-10-12(24-3)8-9-17(13)25-19)22-23-18(26)21-15-7-5-4-6-14(15)20/h4-10H,11H2,1-3H3,(H2,21,23,26). The Morgan fingerprint density at radius 3 is 2.77 bits per heavy atom. The van der Waals surface area contributed by atoms with Crippen LogP contribution >= 0.6 is 12.2 Å². The predicted molar refractivity (Wildman–Crippen MR) is 105 cm³/mol. The number of nitrogens with one attached hydrogen (secondary N) is 2. The van der Waals surface area contributed by atoms with Gasteiger partial charge in [0.05, 0.1) is 18.5 Å². The molecule has 136 valence electrons. The van der Waals surface area contributed by atoms with E-state index in [-0.39, 0.29) is 10.9 Å². The molecule has 0 unspecified atom stereocenters. The van der Waals surface area contributed by atoms with Crippen LogP contribution in [0.15, 0.2) is 47.6 Å². The van der Waals surface area contributed by atoms with Crippen LogP contribution in [0.1, 0.15) is 25.8 Å². The van der Waals surface area contributed by atoms with E-state index in [2.05, 4.69) is 15.8 Å². The molecule has 5 nitrogen and oxygen atoms in total. The van der Waals surface area contributed by atoms with E-state index in [9.17, 15) is 4.39 Å². The molecule has 2 aromatic rings. The smallest absolute Gasteiger partial charge is 0.191 e. The van der Waals surface area contributed by atoms with Crippen LogP contribution in [-0.2, 0) is 0 Å². The van der Waals surface area contributed by atoms with Gasteiger partial charge in [-0.05, 0) is 56.4 Å². The number of nitrogens with zero attached hydrogens (tertiary/aromatic N) is 1. The van der Waals surface area contributed by atoms with Gasteiger partial charge in [0, 0.05) is 12.0 Å². The van der Waals surface area contributed by atoms with Crippen LogP contribution in [0.2, 0.25) is 0 Å². The lowest BCUT2D eigenvalue weighted by Crippen LogP contribution is -2.37. The third-order valence-electron chi connectivity index (χ3n) is 3.89. The summed E-state index contributed by atoms with van der Waals surface area (Å²) in [7, 11) is 1.61. The van der Waals surface area contributed by atoms with Crippen LogP contribution in [0.5, 0.6) is 11.5 Å². The molecule has 0 fully saturated rings. The molecule has 0 radical (unpaired) electrons. The number of thiocarbonyl (C=S) groups is 1. The average molecular weight is 373 g/mol. The Labute approximate surface area is 157 Å². The quantitative estimate of drug-likeness (QED) is 0.627. The van der Waals surface area contributed by atoms with Gasteiger partial charge in [-0.1, -0.05) is 12.1 Å². The summed E-state index contributed by atoms with van der Waals surface area (Å²) in [5, 5.41) is 7.43. The minimum atomic E-state index is -0.400. The highest BCUT2D eigenvalue weighted by molar-refractivity contribution is 7.80. The molecule has 2 N–H and O–H groups in total. The summed E-state index contributed by atoms with van der Waals surface area (Å²) in [6.45, 7) is 3.98. The zero-order valence-corrected chi connectivity index (χ0v) is 15.6. The van der Waals surface area contributed by atoms with Crippen LogP contribution in [0.25, 0.3) is 0 Å². The molecule has 0 amide bonds. The predicted octanol–water partition coefficient (Wildman–Crippen LogP) is 4.09. The van der Waals surface area contributed by atoms with Crippen molar-refractivity contribution in [3.05, 3.63) is 53.8 Å². The first-order valence-electron chi connectivity index (χ1n) is 8.13. The molecule has 7 heteroatoms. The molecule has 0 saturated heterocycles. The van der Waals surface area contributed by atoms with E-state index in [1.54, 1.807) is 25.3 Å². The second kappa shape index (κ2) is 7.29. The summed E-state index contributed by atoms with van der Waals surface area (Å²) >= 11 is 5.22. The van der Waals surface area contributed by atoms with E-state index in [4.69, 9.17) is 21.7 Å². The lowest BCUT2D eigenvalue weighted by Gasteiger charge is -2.33. The zero-order valence-electron chi connectivity index (χ0n) is 14.8. The molecule has 0 aromatic heterocycles. The molecule has 1 aliphatic heterocycles. The van der Waals surface area contributed by atoms with Gasteiger partial charge in [-0.2, -0.15) is 5.10 Å². The third-order valence-corrected chi connectivity index (χ3v) is 4.08. The molecule has 0 atom stereocenters. The minimum absolute atomic E-state index is 0.205. The Morgan fingerprint density at radius 1 is 1.27 bits per heavy atom. The van der Waals surface area contributed by atoms with Crippen LogP contribution < -0.4 is 20.2 Å². The van der Waals surface area contributed by atoms with Crippen molar-refractivity contribution >= 4 is 28.7 Å². The summed E-state index contributed by atoms with van der Waals surface area (Å²) < 4.78 is 25.0. The second-order valence-electron chi connectivity index (χ2n) is 6.50. The van der Waals surface area contributed by atoms with Crippen molar-refractivity contribution < 1.29 is 13.9 Å². The van der Waals surface area contributed by atoms with Gasteiger partial charge < -0.3 is 14.8 Å². The summed E-state index contributed by atoms with van der Waals surface area (Å²) in [4.78, 5) is 0. The van der Waals surface area contributed by atoms with Crippen molar-refractivity contribution in [1.82, 2.24) is 5.43 Å². The highest BCUT2D eigenvalue weighted by Crippen LogP contribution is 2.35. The largest absolute Gasteiger partial charge is 0.497 e. The SMILES string of the molecule is COc1ccc2c(c1)C(=NNC(=S)Nc1ccccc1F)CC(C)(C)O2. The number of hydrazone groups is 1. The highest BCUT2D eigenvalue weighted by Gasteiger charge is 2.31. The summed E-state index contributed by atoms with van der Waals surface area (Å²) in [6, 6.07) is 11.9. The Morgan fingerprint density at radius 2 is 2.04 bits per heavy atom. The first kappa shape index (κ1) is 18.1. The van der Waals surface area contributed by atoms with Gasteiger partial charge in [-0.3, -0.25) is 5.43 Å². The summed E-state index contributed by atoms with van der Waals surface area (Å²) in [5.74, 6) is 1.06. The topological polar surface area (TPSA) is 54.9 Å². The first-order valence-corrected chi connectivity index (χ1v) is 8.54. The maximum Gasteiger partial charge on any atom is 0.191 e. The molecular formula is C19H20FN3O2S. The van der Waals surface area contributed by atoms with Crippen molar-refractivity contribution in [2.75, 3.05) is 12.4 Å². The molecule has 0 spiro atoms. The van der Waals surface area contributed by atoms with Crippen LogP contribution in [0.3, 0.4) is 0 Å². The third kappa shape index (κ3) is 4.11. The van der Waals surface area contributed by atoms with Gasteiger partial charge in [-0.25, -0.2) is 4.39 Å². The highest BCUT2D eigenvalue weighted by atomic mass is 32.1. The lowest BCUT2D eigenvalue weighted by atomic mass is 9.92. The van der Waals surface area contributed by atoms with Gasteiger partial charge in [0.15, 0.2) is 5.11 Å². The number of hydrogen-bond acceptors (Lipinski definition) is 4. The molecule has 3 rings (SSSR count). The molecule has 1 heterocycles. The van der Waals surface area contributed by atoms with Gasteiger partial charge in [0.25, 0.3) is 0 Å². The number of halogens is 1. The summed E-state index contributed by atoms with van der Waals surface area (Å²) in [5.41, 5.74) is 4.30. The normalized spacial score (nSPS) is 16.4. The fourth-order valence-corrected chi connectivity index (χ4v) is 2.87. The Kier molecular flexibility index (Phi) is 5.08. The maximum atomic E-state index is 13.7. The van der Waals surface area contributed by atoms with Crippen molar-refractivity contribution in [2.24, 2.45) is 5.10 Å². The monoisotopic (exact) mass is 373 g/mol. The maximum absolute atomic E-state index is 13.7. The van der Waals surface area contributed by atoms with E-state index in [0.29, 0.717) is 17.9 Å². The molecule has 26 heavy (non-hydrogen) atoms. The van der Waals surface area contributed by atoms with Crippen LogP contribution in [0.4, 0.5) is 10.1 Å². The number of ether oxygens (including phenoxy) is 2. The van der Waals surface area contributed by atoms with E-state index >= 15 is 0 Å². The first-order chi connectivity index (χ1) is 12.4. The molecule has 0 bridgehead atoms. The number of anilines is 1. The molecule has 1 aliphatic rings. The number of hydrogen-bond donors (Lipinski definition) is 2. The van der Waals surface area contributed by atoms with Crippen molar-refractivity contribution in [3.8, 4) is 11.5 Å². The van der Waals surface area contributed by atoms with Crippen LogP contribution in [0, 0.1) is 5.82 Å². The van der Waals surface area contributed by atoms with E-state index in [0.717, 1.165) is 17.0 Å². The average Bonchev–Trinajstić information content (AvgIpc) is 2.60. The van der Waals surface area contributed by atoms with Gasteiger partial charge in [0.2, 0.25) is 0 Å². The van der Waals surface area contributed by atoms with Crippen molar-refractivity contribution in [3.63, 3.8) is 0 Å². The minimum Gasteiger partial charge on any atom is -0.497 e. The van der Waals surface area contributed by atoms with E-state index in [1.165, 1.54) is 6.07 Å². The number of fused-ring (bicyclic) bond motifs is 1. The summed E-state index contributed by atoms with van der Waals surface area (Å²) in [6.07, 6.45) is 0.586. The number of para-hydroxylation sites is 1.